The minimum atomic E-state index is 0.0588. The van der Waals surface area contributed by atoms with Gasteiger partial charge in [0.2, 0.25) is 0 Å². The molecule has 2 rings (SSSR count). The van der Waals surface area contributed by atoms with E-state index in [0.29, 0.717) is 0 Å². The zero-order valence-electron chi connectivity index (χ0n) is 10.3. The molecule has 0 saturated heterocycles. The van der Waals surface area contributed by atoms with Crippen LogP contribution in [0.5, 0.6) is 0 Å². The maximum atomic E-state index is 9.14. The molecule has 0 aliphatic rings. The molecule has 0 aromatic heterocycles. The van der Waals surface area contributed by atoms with Crippen LogP contribution >= 0.6 is 15.9 Å². The van der Waals surface area contributed by atoms with Crippen LogP contribution < -0.4 is 4.90 Å². The molecule has 3 heteroatoms. The molecule has 0 aliphatic heterocycles. The Morgan fingerprint density at radius 1 is 1.11 bits per heavy atom. The van der Waals surface area contributed by atoms with Gasteiger partial charge in [0.05, 0.1) is 6.61 Å². The minimum Gasteiger partial charge on any atom is -0.392 e. The van der Waals surface area contributed by atoms with Crippen molar-refractivity contribution < 1.29 is 5.11 Å². The lowest BCUT2D eigenvalue weighted by atomic mass is 10.2. The second kappa shape index (κ2) is 6.03. The molecule has 0 saturated carbocycles. The Balaban J connectivity index is 2.14. The summed E-state index contributed by atoms with van der Waals surface area (Å²) in [4.78, 5) is 2.18. The first-order valence-corrected chi connectivity index (χ1v) is 6.64. The van der Waals surface area contributed by atoms with Gasteiger partial charge in [0.25, 0.3) is 0 Å². The molecule has 1 N–H and O–H groups in total. The van der Waals surface area contributed by atoms with Gasteiger partial charge >= 0.3 is 0 Å². The minimum absolute atomic E-state index is 0.0588. The number of hydrogen-bond acceptors (Lipinski definition) is 2. The molecule has 0 unspecified atom stereocenters. The highest BCUT2D eigenvalue weighted by atomic mass is 79.9. The largest absolute Gasteiger partial charge is 0.392 e. The quantitative estimate of drug-likeness (QED) is 0.933. The van der Waals surface area contributed by atoms with Gasteiger partial charge in [-0.2, -0.15) is 0 Å². The van der Waals surface area contributed by atoms with Gasteiger partial charge in [-0.25, -0.2) is 0 Å². The van der Waals surface area contributed by atoms with Gasteiger partial charge < -0.3 is 10.0 Å². The van der Waals surface area contributed by atoms with Crippen molar-refractivity contribution in [2.24, 2.45) is 0 Å². The molecule has 2 aromatic rings. The molecule has 0 radical (unpaired) electrons. The highest BCUT2D eigenvalue weighted by Crippen LogP contribution is 2.24. The van der Waals surface area contributed by atoms with Crippen LogP contribution in [0.1, 0.15) is 11.1 Å². The van der Waals surface area contributed by atoms with Crippen LogP contribution in [0.4, 0.5) is 5.69 Å². The normalized spacial score (nSPS) is 10.4. The fourth-order valence-corrected chi connectivity index (χ4v) is 2.34. The third-order valence-corrected chi connectivity index (χ3v) is 3.65. The van der Waals surface area contributed by atoms with Gasteiger partial charge in [-0.15, -0.1) is 0 Å². The molecule has 0 heterocycles. The van der Waals surface area contributed by atoms with Gasteiger partial charge in [0.1, 0.15) is 0 Å². The van der Waals surface area contributed by atoms with E-state index in [1.807, 2.05) is 36.4 Å². The third kappa shape index (κ3) is 3.12. The van der Waals surface area contributed by atoms with Crippen molar-refractivity contribution in [3.05, 3.63) is 64.1 Å². The van der Waals surface area contributed by atoms with E-state index < -0.39 is 0 Å². The van der Waals surface area contributed by atoms with Gasteiger partial charge in [0, 0.05) is 23.8 Å². The van der Waals surface area contributed by atoms with Crippen molar-refractivity contribution in [1.82, 2.24) is 0 Å². The number of halogens is 1. The van der Waals surface area contributed by atoms with Crippen molar-refractivity contribution in [3.8, 4) is 0 Å². The topological polar surface area (TPSA) is 23.5 Å². The summed E-state index contributed by atoms with van der Waals surface area (Å²) in [5.41, 5.74) is 3.32. The van der Waals surface area contributed by atoms with Crippen molar-refractivity contribution in [2.75, 3.05) is 11.9 Å². The summed E-state index contributed by atoms with van der Waals surface area (Å²) in [5, 5.41) is 9.14. The highest BCUT2D eigenvalue weighted by molar-refractivity contribution is 9.10. The van der Waals surface area contributed by atoms with Gasteiger partial charge in [-0.05, 0) is 23.3 Å². The Morgan fingerprint density at radius 3 is 2.44 bits per heavy atom. The molecular weight excluding hydrogens is 290 g/mol. The Kier molecular flexibility index (Phi) is 4.39. The molecule has 0 amide bonds. The molecule has 18 heavy (non-hydrogen) atoms. The number of benzene rings is 2. The van der Waals surface area contributed by atoms with Crippen molar-refractivity contribution in [3.63, 3.8) is 0 Å². The zero-order chi connectivity index (χ0) is 13.0. The van der Waals surface area contributed by atoms with E-state index in [1.165, 1.54) is 5.56 Å². The number of aliphatic hydroxyl groups excluding tert-OH is 1. The summed E-state index contributed by atoms with van der Waals surface area (Å²) in [6, 6.07) is 16.4. The van der Waals surface area contributed by atoms with E-state index in [2.05, 4.69) is 40.0 Å². The summed E-state index contributed by atoms with van der Waals surface area (Å²) >= 11 is 3.47. The Labute approximate surface area is 116 Å². The van der Waals surface area contributed by atoms with Crippen molar-refractivity contribution >= 4 is 21.6 Å². The Morgan fingerprint density at radius 2 is 1.83 bits per heavy atom. The second-order valence-corrected chi connectivity index (χ2v) is 5.13. The van der Waals surface area contributed by atoms with Gasteiger partial charge in [-0.3, -0.25) is 0 Å². The van der Waals surface area contributed by atoms with Gasteiger partial charge in [0.15, 0.2) is 0 Å². The smallest absolute Gasteiger partial charge is 0.0692 e. The van der Waals surface area contributed by atoms with Crippen LogP contribution in [0.15, 0.2) is 53.0 Å². The number of nitrogens with zero attached hydrogens (tertiary/aromatic N) is 1. The molecule has 0 bridgehead atoms. The Hall–Kier alpha value is -1.32. The number of hydrogen-bond donors (Lipinski definition) is 1. The fourth-order valence-electron chi connectivity index (χ4n) is 1.85. The van der Waals surface area contributed by atoms with Crippen molar-refractivity contribution in [2.45, 2.75) is 13.2 Å². The molecule has 0 aliphatic carbocycles. The zero-order valence-corrected chi connectivity index (χ0v) is 11.9. The van der Waals surface area contributed by atoms with Crippen LogP contribution in [-0.2, 0) is 13.2 Å². The van der Waals surface area contributed by atoms with Crippen LogP contribution in [0.3, 0.4) is 0 Å². The van der Waals surface area contributed by atoms with E-state index in [-0.39, 0.29) is 6.61 Å². The van der Waals surface area contributed by atoms with Crippen LogP contribution in [-0.4, -0.2) is 12.2 Å². The monoisotopic (exact) mass is 305 g/mol. The lowest BCUT2D eigenvalue weighted by molar-refractivity contribution is 0.281. The summed E-state index contributed by atoms with van der Waals surface area (Å²) in [5.74, 6) is 0. The van der Waals surface area contributed by atoms with Crippen LogP contribution in [0, 0.1) is 0 Å². The number of anilines is 1. The standard InChI is InChI=1S/C15H16BrNO/c1-17(10-12-5-3-2-4-6-12)14-8-7-13(11-18)15(16)9-14/h2-9,18H,10-11H2,1H3. The lowest BCUT2D eigenvalue weighted by Crippen LogP contribution is -2.16. The summed E-state index contributed by atoms with van der Waals surface area (Å²) in [6.07, 6.45) is 0. The first-order valence-electron chi connectivity index (χ1n) is 5.85. The summed E-state index contributed by atoms with van der Waals surface area (Å²) in [7, 11) is 2.06. The number of rotatable bonds is 4. The SMILES string of the molecule is CN(Cc1ccccc1)c1ccc(CO)c(Br)c1. The molecule has 94 valence electrons. The average molecular weight is 306 g/mol. The molecule has 2 nitrogen and oxygen atoms in total. The first-order chi connectivity index (χ1) is 8.70. The van der Waals surface area contributed by atoms with E-state index in [1.54, 1.807) is 0 Å². The average Bonchev–Trinajstić information content (AvgIpc) is 2.39. The second-order valence-electron chi connectivity index (χ2n) is 4.28. The highest BCUT2D eigenvalue weighted by Gasteiger charge is 2.05. The maximum Gasteiger partial charge on any atom is 0.0692 e. The van der Waals surface area contributed by atoms with Crippen LogP contribution in [0.25, 0.3) is 0 Å². The summed E-state index contributed by atoms with van der Waals surface area (Å²) < 4.78 is 0.947. The predicted molar refractivity (Wildman–Crippen MR) is 78.6 cm³/mol. The van der Waals surface area contributed by atoms with Crippen molar-refractivity contribution in [1.29, 1.82) is 0 Å². The Bertz CT molecular complexity index is 513. The first kappa shape index (κ1) is 13.1. The molecule has 0 fully saturated rings. The van der Waals surface area contributed by atoms with E-state index in [9.17, 15) is 0 Å². The molecule has 2 aromatic carbocycles. The lowest BCUT2D eigenvalue weighted by Gasteiger charge is -2.20. The van der Waals surface area contributed by atoms with Gasteiger partial charge in [-0.1, -0.05) is 52.3 Å². The number of aliphatic hydroxyl groups is 1. The molecule has 0 spiro atoms. The van der Waals surface area contributed by atoms with E-state index in [0.717, 1.165) is 22.3 Å². The fraction of sp³-hybridized carbons (Fsp3) is 0.200. The maximum absolute atomic E-state index is 9.14. The predicted octanol–water partition coefficient (Wildman–Crippen LogP) is 3.58. The third-order valence-electron chi connectivity index (χ3n) is 2.91. The van der Waals surface area contributed by atoms with E-state index >= 15 is 0 Å². The summed E-state index contributed by atoms with van der Waals surface area (Å²) in [6.45, 7) is 0.926. The molecule has 0 atom stereocenters. The van der Waals surface area contributed by atoms with E-state index in [4.69, 9.17) is 5.11 Å². The van der Waals surface area contributed by atoms with Crippen LogP contribution in [0.2, 0.25) is 0 Å². The molecular formula is C15H16BrNO.